The van der Waals surface area contributed by atoms with Gasteiger partial charge in [-0.25, -0.2) is 0 Å². The summed E-state index contributed by atoms with van der Waals surface area (Å²) < 4.78 is 17.0. The molecule has 2 aromatic carbocycles. The number of carbonyl (C=O) groups excluding carboxylic acids is 4. The van der Waals surface area contributed by atoms with E-state index in [1.165, 1.54) is 7.11 Å². The number of likely N-dealkylation sites (N-methyl/N-ethyl adjacent to an activating group) is 1. The van der Waals surface area contributed by atoms with Gasteiger partial charge in [0.15, 0.2) is 18.1 Å². The van der Waals surface area contributed by atoms with Crippen LogP contribution in [0.15, 0.2) is 42.5 Å². The average molecular weight is 694 g/mol. The molecule has 50 heavy (non-hydrogen) atoms. The van der Waals surface area contributed by atoms with Crippen LogP contribution in [0.4, 0.5) is 5.69 Å². The number of nitrogens with zero attached hydrogens (tertiary/aromatic N) is 3. The fraction of sp³-hybridized carbons (Fsp3) is 0.579. The van der Waals surface area contributed by atoms with Gasteiger partial charge in [0.05, 0.1) is 19.1 Å². The first-order chi connectivity index (χ1) is 24.0. The zero-order chi connectivity index (χ0) is 36.1. The van der Waals surface area contributed by atoms with Gasteiger partial charge in [-0.1, -0.05) is 19.9 Å². The molecule has 1 unspecified atom stereocenters. The van der Waals surface area contributed by atoms with Gasteiger partial charge >= 0.3 is 5.97 Å². The molecule has 2 aromatic rings. The largest absolute Gasteiger partial charge is 0.493 e. The van der Waals surface area contributed by atoms with Gasteiger partial charge in [-0.3, -0.25) is 19.2 Å². The number of esters is 1. The van der Waals surface area contributed by atoms with Crippen molar-refractivity contribution in [3.05, 3.63) is 53.6 Å². The summed E-state index contributed by atoms with van der Waals surface area (Å²) in [6, 6.07) is 13.0. The van der Waals surface area contributed by atoms with Crippen LogP contribution in [0.1, 0.15) is 62.4 Å². The van der Waals surface area contributed by atoms with E-state index in [1.807, 2.05) is 30.3 Å². The van der Waals surface area contributed by atoms with E-state index in [-0.39, 0.29) is 63.0 Å². The standard InChI is InChI=1S/C38H55N5O7/c1-6-49-37(47)38(16-15-28(2)3)25-29-9-14-32(33(24-29)48-5)50-26-35(45)39-17-19-43(18-7-8-34(44)40-27-38)36(46)30-10-12-31(13-11-30)42-22-20-41(4)21-23-42/h9-14,24,28H,6-8,15-23,25-27H2,1-5H3,(H,39,45)(H,40,44). The fourth-order valence-corrected chi connectivity index (χ4v) is 6.35. The maximum absolute atomic E-state index is 13.7. The Hall–Kier alpha value is -4.32. The summed E-state index contributed by atoms with van der Waals surface area (Å²) in [6.07, 6.45) is 2.16. The minimum atomic E-state index is -1.01. The lowest BCUT2D eigenvalue weighted by molar-refractivity contribution is -0.156. The molecule has 0 spiro atoms. The van der Waals surface area contributed by atoms with Crippen LogP contribution in [-0.4, -0.2) is 113 Å². The highest BCUT2D eigenvalue weighted by Crippen LogP contribution is 2.35. The number of nitrogens with one attached hydrogen (secondary N) is 2. The van der Waals surface area contributed by atoms with Gasteiger partial charge < -0.3 is 39.5 Å². The van der Waals surface area contributed by atoms with Crippen molar-refractivity contribution in [1.82, 2.24) is 20.4 Å². The van der Waals surface area contributed by atoms with Crippen molar-refractivity contribution >= 4 is 29.4 Å². The van der Waals surface area contributed by atoms with Crippen LogP contribution >= 0.6 is 0 Å². The molecule has 5 rings (SSSR count). The second-order valence-corrected chi connectivity index (χ2v) is 13.7. The van der Waals surface area contributed by atoms with Crippen molar-refractivity contribution in [3.8, 4) is 11.5 Å². The highest BCUT2D eigenvalue weighted by Gasteiger charge is 2.40. The van der Waals surface area contributed by atoms with E-state index in [4.69, 9.17) is 14.2 Å². The molecular formula is C38H55N5O7. The summed E-state index contributed by atoms with van der Waals surface area (Å²) in [6.45, 7) is 10.7. The lowest BCUT2D eigenvalue weighted by atomic mass is 9.76. The van der Waals surface area contributed by atoms with E-state index < -0.39 is 5.41 Å². The molecule has 1 fully saturated rings. The van der Waals surface area contributed by atoms with E-state index in [0.29, 0.717) is 48.8 Å². The van der Waals surface area contributed by atoms with Crippen molar-refractivity contribution in [2.45, 2.75) is 52.9 Å². The number of piperazine rings is 1. The molecule has 2 N–H and O–H groups in total. The molecule has 3 aliphatic rings. The van der Waals surface area contributed by atoms with Gasteiger partial charge in [0.2, 0.25) is 5.91 Å². The van der Waals surface area contributed by atoms with E-state index in [2.05, 4.69) is 41.3 Å². The van der Waals surface area contributed by atoms with Crippen LogP contribution in [0.3, 0.4) is 0 Å². The molecular weight excluding hydrogens is 638 g/mol. The Morgan fingerprint density at radius 3 is 2.38 bits per heavy atom. The predicted molar refractivity (Wildman–Crippen MR) is 193 cm³/mol. The Morgan fingerprint density at radius 2 is 1.70 bits per heavy atom. The van der Waals surface area contributed by atoms with E-state index in [1.54, 1.807) is 24.0 Å². The second kappa shape index (κ2) is 18.6. The quantitative estimate of drug-likeness (QED) is 0.315. The van der Waals surface area contributed by atoms with Crippen molar-refractivity contribution < 1.29 is 33.4 Å². The maximum atomic E-state index is 13.7. The lowest BCUT2D eigenvalue weighted by Gasteiger charge is -2.34. The molecule has 12 nitrogen and oxygen atoms in total. The summed E-state index contributed by atoms with van der Waals surface area (Å²) in [5, 5.41) is 5.87. The maximum Gasteiger partial charge on any atom is 0.314 e. The fourth-order valence-electron chi connectivity index (χ4n) is 6.35. The SMILES string of the molecule is CCOC(=O)C1(CCC(C)C)CNC(=O)CCCN(C(=O)c2ccc(N3CCN(C)CC3)cc2)CCNC(=O)COc2ccc(cc2OC)C1. The predicted octanol–water partition coefficient (Wildman–Crippen LogP) is 3.52. The van der Waals surface area contributed by atoms with Crippen LogP contribution in [0.25, 0.3) is 0 Å². The van der Waals surface area contributed by atoms with Crippen molar-refractivity contribution in [1.29, 1.82) is 0 Å². The molecule has 2 bridgehead atoms. The summed E-state index contributed by atoms with van der Waals surface area (Å²) >= 11 is 0. The minimum absolute atomic E-state index is 0.110. The number of benzene rings is 2. The molecule has 0 aromatic heterocycles. The Labute approximate surface area is 296 Å². The number of ether oxygens (including phenoxy) is 3. The van der Waals surface area contributed by atoms with Crippen LogP contribution in [0.2, 0.25) is 0 Å². The van der Waals surface area contributed by atoms with E-state index >= 15 is 0 Å². The Bertz CT molecular complexity index is 1440. The minimum Gasteiger partial charge on any atom is -0.493 e. The zero-order valence-corrected chi connectivity index (χ0v) is 30.4. The topological polar surface area (TPSA) is 130 Å². The smallest absolute Gasteiger partial charge is 0.314 e. The molecule has 274 valence electrons. The first kappa shape index (κ1) is 38.5. The summed E-state index contributed by atoms with van der Waals surface area (Å²) in [5.41, 5.74) is 1.42. The second-order valence-electron chi connectivity index (χ2n) is 13.7. The Balaban J connectivity index is 1.55. The lowest BCUT2D eigenvalue weighted by Crippen LogP contribution is -2.46. The van der Waals surface area contributed by atoms with Gasteiger partial charge in [0, 0.05) is 70.0 Å². The van der Waals surface area contributed by atoms with E-state index in [9.17, 15) is 19.2 Å². The van der Waals surface area contributed by atoms with Gasteiger partial charge in [-0.2, -0.15) is 0 Å². The molecule has 3 aliphatic heterocycles. The number of hydrogen-bond acceptors (Lipinski definition) is 9. The average Bonchev–Trinajstić information content (AvgIpc) is 3.11. The van der Waals surface area contributed by atoms with Crippen LogP contribution in [0.5, 0.6) is 11.5 Å². The number of rotatable bonds is 8. The van der Waals surface area contributed by atoms with Crippen molar-refractivity contribution in [2.24, 2.45) is 11.3 Å². The molecule has 1 saturated heterocycles. The molecule has 3 heterocycles. The molecule has 0 saturated carbocycles. The molecule has 0 aliphatic carbocycles. The summed E-state index contributed by atoms with van der Waals surface area (Å²) in [4.78, 5) is 59.7. The zero-order valence-electron chi connectivity index (χ0n) is 30.4. The third-order valence-corrected chi connectivity index (χ3v) is 9.47. The summed E-state index contributed by atoms with van der Waals surface area (Å²) in [5.74, 6) is 0.0567. The van der Waals surface area contributed by atoms with Crippen molar-refractivity contribution in [3.63, 3.8) is 0 Å². The number of anilines is 1. The molecule has 0 radical (unpaired) electrons. The summed E-state index contributed by atoms with van der Waals surface area (Å²) in [7, 11) is 3.63. The van der Waals surface area contributed by atoms with Crippen molar-refractivity contribution in [2.75, 3.05) is 84.6 Å². The Morgan fingerprint density at radius 1 is 0.960 bits per heavy atom. The Kier molecular flexibility index (Phi) is 14.3. The van der Waals surface area contributed by atoms with Gasteiger partial charge in [0.25, 0.3) is 11.8 Å². The van der Waals surface area contributed by atoms with Crippen LogP contribution in [-0.2, 0) is 25.5 Å². The van der Waals surface area contributed by atoms with Crippen LogP contribution < -0.4 is 25.0 Å². The number of methoxy groups -OCH3 is 1. The molecule has 12 heteroatoms. The van der Waals surface area contributed by atoms with Crippen LogP contribution in [0, 0.1) is 11.3 Å². The van der Waals surface area contributed by atoms with Gasteiger partial charge in [0.1, 0.15) is 0 Å². The first-order valence-electron chi connectivity index (χ1n) is 17.9. The monoisotopic (exact) mass is 693 g/mol. The third kappa shape index (κ3) is 10.8. The number of hydrogen-bond donors (Lipinski definition) is 2. The number of amides is 3. The molecule has 3 amide bonds. The highest BCUT2D eigenvalue weighted by molar-refractivity contribution is 5.94. The normalized spacial score (nSPS) is 20.2. The number of fused-ring (bicyclic) bond motifs is 16. The van der Waals surface area contributed by atoms with Gasteiger partial charge in [-0.15, -0.1) is 0 Å². The highest BCUT2D eigenvalue weighted by atomic mass is 16.5. The number of carbonyl (C=O) groups is 4. The third-order valence-electron chi connectivity index (χ3n) is 9.47. The molecule has 1 atom stereocenters. The van der Waals surface area contributed by atoms with Gasteiger partial charge in [-0.05, 0) is 87.5 Å². The first-order valence-corrected chi connectivity index (χ1v) is 17.9. The van der Waals surface area contributed by atoms with E-state index in [0.717, 1.165) is 43.9 Å².